The number of halogens is 2. The lowest BCUT2D eigenvalue weighted by atomic mass is 10.0. The van der Waals surface area contributed by atoms with Gasteiger partial charge in [0, 0.05) is 10.6 Å². The topological polar surface area (TPSA) is 41.1 Å². The van der Waals surface area contributed by atoms with E-state index in [1.807, 2.05) is 0 Å². The van der Waals surface area contributed by atoms with Gasteiger partial charge in [0.25, 0.3) is 5.76 Å². The molecule has 104 valence electrons. The van der Waals surface area contributed by atoms with Crippen LogP contribution in [0, 0.1) is 0 Å². The lowest BCUT2D eigenvalue weighted by Crippen LogP contribution is -2.43. The summed E-state index contributed by atoms with van der Waals surface area (Å²) in [6.45, 7) is 0.863. The predicted octanol–water partition coefficient (Wildman–Crippen LogP) is 3.08. The lowest BCUT2D eigenvalue weighted by Gasteiger charge is -2.22. The quantitative estimate of drug-likeness (QED) is 0.836. The van der Waals surface area contributed by atoms with Crippen molar-refractivity contribution in [3.8, 4) is 0 Å². The van der Waals surface area contributed by atoms with Crippen LogP contribution in [0.15, 0.2) is 29.2 Å². The first-order chi connectivity index (χ1) is 9.15. The standard InChI is InChI=1S/C13H16F2N2OS/c14-13(15)19-10-6-4-9(5-7-10)17-12(18)11-3-1-2-8-16-11/h4-7,11,13,16H,1-3,8H2,(H,17,18). The van der Waals surface area contributed by atoms with Crippen LogP contribution in [0.3, 0.4) is 0 Å². The lowest BCUT2D eigenvalue weighted by molar-refractivity contribution is -0.118. The highest BCUT2D eigenvalue weighted by Gasteiger charge is 2.20. The first kappa shape index (κ1) is 14.3. The summed E-state index contributed by atoms with van der Waals surface area (Å²) in [7, 11) is 0. The predicted molar refractivity (Wildman–Crippen MR) is 72.6 cm³/mol. The SMILES string of the molecule is O=C(Nc1ccc(SC(F)F)cc1)C1CCCCN1. The zero-order valence-corrected chi connectivity index (χ0v) is 11.2. The Morgan fingerprint density at radius 1 is 1.32 bits per heavy atom. The normalized spacial score (nSPS) is 19.4. The maximum absolute atomic E-state index is 12.2. The molecule has 0 aliphatic carbocycles. The first-order valence-electron chi connectivity index (χ1n) is 6.24. The summed E-state index contributed by atoms with van der Waals surface area (Å²) in [6, 6.07) is 6.31. The number of thioether (sulfide) groups is 1. The fraction of sp³-hybridized carbons (Fsp3) is 0.462. The summed E-state index contributed by atoms with van der Waals surface area (Å²) in [6.07, 6.45) is 2.99. The Bertz CT molecular complexity index is 419. The minimum atomic E-state index is -2.42. The minimum absolute atomic E-state index is 0.0611. The largest absolute Gasteiger partial charge is 0.325 e. The van der Waals surface area contributed by atoms with Gasteiger partial charge in [-0.3, -0.25) is 4.79 Å². The summed E-state index contributed by atoms with van der Waals surface area (Å²) in [5.74, 6) is -2.49. The van der Waals surface area contributed by atoms with Crippen LogP contribution in [0.2, 0.25) is 0 Å². The van der Waals surface area contributed by atoms with E-state index < -0.39 is 5.76 Å². The molecule has 19 heavy (non-hydrogen) atoms. The third kappa shape index (κ3) is 4.47. The molecule has 1 fully saturated rings. The van der Waals surface area contributed by atoms with E-state index in [0.29, 0.717) is 22.3 Å². The maximum atomic E-state index is 12.2. The summed E-state index contributed by atoms with van der Waals surface area (Å²) >= 11 is 0.496. The van der Waals surface area contributed by atoms with Crippen LogP contribution >= 0.6 is 11.8 Å². The molecule has 1 amide bonds. The molecule has 1 aliphatic heterocycles. The van der Waals surface area contributed by atoms with E-state index in [-0.39, 0.29) is 11.9 Å². The molecule has 0 bridgehead atoms. The van der Waals surface area contributed by atoms with E-state index >= 15 is 0 Å². The Hall–Kier alpha value is -1.14. The van der Waals surface area contributed by atoms with Gasteiger partial charge in [0.2, 0.25) is 5.91 Å². The van der Waals surface area contributed by atoms with Crippen molar-refractivity contribution in [2.24, 2.45) is 0 Å². The maximum Gasteiger partial charge on any atom is 0.288 e. The summed E-state index contributed by atoms with van der Waals surface area (Å²) in [5.41, 5.74) is 0.635. The Balaban J connectivity index is 1.89. The van der Waals surface area contributed by atoms with Gasteiger partial charge in [-0.1, -0.05) is 18.2 Å². The third-order valence-corrected chi connectivity index (χ3v) is 3.70. The summed E-state index contributed by atoms with van der Waals surface area (Å²) in [5, 5.41) is 5.96. The highest BCUT2D eigenvalue weighted by Crippen LogP contribution is 2.26. The van der Waals surface area contributed by atoms with Crippen LogP contribution in [-0.2, 0) is 4.79 Å². The van der Waals surface area contributed by atoms with Gasteiger partial charge in [0.15, 0.2) is 0 Å². The average Bonchev–Trinajstić information content (AvgIpc) is 2.41. The van der Waals surface area contributed by atoms with E-state index in [9.17, 15) is 13.6 Å². The molecule has 1 heterocycles. The number of hydrogen-bond donors (Lipinski definition) is 2. The van der Waals surface area contributed by atoms with Gasteiger partial charge >= 0.3 is 0 Å². The van der Waals surface area contributed by atoms with Crippen molar-refractivity contribution in [2.45, 2.75) is 36.0 Å². The van der Waals surface area contributed by atoms with Gasteiger partial charge in [-0.05, 0) is 43.7 Å². The van der Waals surface area contributed by atoms with Crippen LogP contribution in [0.25, 0.3) is 0 Å². The zero-order chi connectivity index (χ0) is 13.7. The zero-order valence-electron chi connectivity index (χ0n) is 10.4. The molecule has 1 unspecified atom stereocenters. The summed E-state index contributed by atoms with van der Waals surface area (Å²) in [4.78, 5) is 12.4. The molecular weight excluding hydrogens is 270 g/mol. The van der Waals surface area contributed by atoms with E-state index in [2.05, 4.69) is 10.6 Å². The van der Waals surface area contributed by atoms with Gasteiger partial charge in [-0.15, -0.1) is 0 Å². The van der Waals surface area contributed by atoms with Gasteiger partial charge < -0.3 is 10.6 Å². The number of hydrogen-bond acceptors (Lipinski definition) is 3. The van der Waals surface area contributed by atoms with E-state index in [4.69, 9.17) is 0 Å². The second-order valence-corrected chi connectivity index (χ2v) is 5.46. The van der Waals surface area contributed by atoms with Crippen molar-refractivity contribution < 1.29 is 13.6 Å². The third-order valence-electron chi connectivity index (χ3n) is 2.97. The highest BCUT2D eigenvalue weighted by atomic mass is 32.2. The van der Waals surface area contributed by atoms with Crippen LogP contribution < -0.4 is 10.6 Å². The molecule has 0 saturated carbocycles. The molecule has 1 aromatic carbocycles. The molecule has 2 N–H and O–H groups in total. The average molecular weight is 286 g/mol. The fourth-order valence-corrected chi connectivity index (χ4v) is 2.52. The Morgan fingerprint density at radius 2 is 2.05 bits per heavy atom. The van der Waals surface area contributed by atoms with E-state index in [1.165, 1.54) is 0 Å². The number of carbonyl (C=O) groups excluding carboxylic acids is 1. The van der Waals surface area contributed by atoms with Crippen molar-refractivity contribution in [3.63, 3.8) is 0 Å². The molecule has 0 radical (unpaired) electrons. The molecule has 1 saturated heterocycles. The van der Waals surface area contributed by atoms with Crippen LogP contribution in [0.1, 0.15) is 19.3 Å². The smallest absolute Gasteiger partial charge is 0.288 e. The second-order valence-electron chi connectivity index (χ2n) is 4.39. The number of carbonyl (C=O) groups is 1. The van der Waals surface area contributed by atoms with Gasteiger partial charge in [0.1, 0.15) is 0 Å². The van der Waals surface area contributed by atoms with Crippen LogP contribution in [0.5, 0.6) is 0 Å². The number of rotatable bonds is 4. The van der Waals surface area contributed by atoms with E-state index in [1.54, 1.807) is 24.3 Å². The number of piperidine rings is 1. The molecule has 0 aromatic heterocycles. The highest BCUT2D eigenvalue weighted by molar-refractivity contribution is 7.99. The van der Waals surface area contributed by atoms with Gasteiger partial charge in [-0.25, -0.2) is 0 Å². The Kier molecular flexibility index (Phi) is 5.15. The Labute approximate surface area is 115 Å². The molecular formula is C13H16F2N2OS. The number of alkyl halides is 2. The molecule has 1 atom stereocenters. The van der Waals surface area contributed by atoms with Crippen molar-refractivity contribution in [1.82, 2.24) is 5.32 Å². The van der Waals surface area contributed by atoms with Crippen molar-refractivity contribution in [1.29, 1.82) is 0 Å². The second kappa shape index (κ2) is 6.86. The Morgan fingerprint density at radius 3 is 2.63 bits per heavy atom. The number of nitrogens with one attached hydrogen (secondary N) is 2. The van der Waals surface area contributed by atoms with Crippen molar-refractivity contribution in [3.05, 3.63) is 24.3 Å². The molecule has 0 spiro atoms. The van der Waals surface area contributed by atoms with Crippen molar-refractivity contribution in [2.75, 3.05) is 11.9 Å². The first-order valence-corrected chi connectivity index (χ1v) is 7.12. The molecule has 3 nitrogen and oxygen atoms in total. The number of anilines is 1. The monoisotopic (exact) mass is 286 g/mol. The fourth-order valence-electron chi connectivity index (χ4n) is 2.02. The molecule has 1 aliphatic rings. The van der Waals surface area contributed by atoms with E-state index in [0.717, 1.165) is 25.8 Å². The number of amides is 1. The van der Waals surface area contributed by atoms with Crippen molar-refractivity contribution >= 4 is 23.4 Å². The van der Waals surface area contributed by atoms with Gasteiger partial charge in [0.05, 0.1) is 6.04 Å². The number of benzene rings is 1. The van der Waals surface area contributed by atoms with Crippen LogP contribution in [0.4, 0.5) is 14.5 Å². The molecule has 1 aromatic rings. The summed E-state index contributed by atoms with van der Waals surface area (Å²) < 4.78 is 24.3. The molecule has 2 rings (SSSR count). The van der Waals surface area contributed by atoms with Gasteiger partial charge in [-0.2, -0.15) is 8.78 Å². The van der Waals surface area contributed by atoms with Crippen LogP contribution in [-0.4, -0.2) is 24.3 Å². The minimum Gasteiger partial charge on any atom is -0.325 e. The molecule has 6 heteroatoms.